The summed E-state index contributed by atoms with van der Waals surface area (Å²) in [6.45, 7) is 4.55. The van der Waals surface area contributed by atoms with E-state index in [1.165, 1.54) is 69.9 Å². The first-order chi connectivity index (χ1) is 7.33. The van der Waals surface area contributed by atoms with Gasteiger partial charge in [0.1, 0.15) is 0 Å². The van der Waals surface area contributed by atoms with Gasteiger partial charge in [-0.05, 0) is 0 Å². The van der Waals surface area contributed by atoms with Crippen molar-refractivity contribution in [3.05, 3.63) is 0 Å². The summed E-state index contributed by atoms with van der Waals surface area (Å²) in [5.74, 6) is 0. The van der Waals surface area contributed by atoms with Gasteiger partial charge in [0, 0.05) is 0 Å². The summed E-state index contributed by atoms with van der Waals surface area (Å²) in [6, 6.07) is 2.47. The number of hydrogen-bond donors (Lipinski definition) is 0. The highest BCUT2D eigenvalue weighted by molar-refractivity contribution is 4.99. The smallest absolute Gasteiger partial charge is 0.181 e. The van der Waals surface area contributed by atoms with Crippen LogP contribution in [0.5, 0.6) is 0 Å². The summed E-state index contributed by atoms with van der Waals surface area (Å²) < 4.78 is 0. The molecule has 0 amide bonds. The molecule has 2 heteroatoms. The van der Waals surface area contributed by atoms with Crippen LogP contribution in [0.2, 0.25) is 0 Å². The molecule has 0 aliphatic heterocycles. The molecular weight excluding hydrogens is 184 g/mol. The zero-order chi connectivity index (χ0) is 11.8. The summed E-state index contributed by atoms with van der Waals surface area (Å²) >= 11 is 0. The zero-order valence-corrected chi connectivity index (χ0v) is 10.3. The molecule has 0 radical (unpaired) electrons. The maximum Gasteiger partial charge on any atom is 0.181 e. The molecule has 15 heavy (non-hydrogen) atoms. The summed E-state index contributed by atoms with van der Waals surface area (Å²) in [6.07, 6.45) is 13.0. The van der Waals surface area contributed by atoms with Crippen molar-refractivity contribution in [2.75, 3.05) is 0 Å². The Morgan fingerprint density at radius 1 is 0.600 bits per heavy atom. The molecule has 0 unspecified atom stereocenters. The van der Waals surface area contributed by atoms with Gasteiger partial charge < -0.3 is 0 Å². The molecule has 0 aromatic rings. The van der Waals surface area contributed by atoms with Gasteiger partial charge in [0.2, 0.25) is 0 Å². The van der Waals surface area contributed by atoms with Crippen LogP contribution in [-0.4, -0.2) is 0 Å². The van der Waals surface area contributed by atoms with Crippen molar-refractivity contribution in [1.82, 2.24) is 0 Å². The predicted molar refractivity (Wildman–Crippen MR) is 64.1 cm³/mol. The van der Waals surface area contributed by atoms with E-state index in [-0.39, 0.29) is 0 Å². The first-order valence-electron chi connectivity index (χ1n) is 6.11. The molecule has 0 aromatic carbocycles. The van der Waals surface area contributed by atoms with Crippen molar-refractivity contribution in [2.45, 2.75) is 71.6 Å². The molecule has 0 fully saturated rings. The quantitative estimate of drug-likeness (QED) is 0.548. The van der Waals surface area contributed by atoms with Crippen LogP contribution in [0, 0.1) is 22.7 Å². The lowest BCUT2D eigenvalue weighted by Gasteiger charge is -1.98. The maximum atomic E-state index is 7.26. The van der Waals surface area contributed by atoms with E-state index in [4.69, 9.17) is 10.5 Å². The minimum atomic E-state index is 1.24. The topological polar surface area (TPSA) is 47.6 Å². The van der Waals surface area contributed by atoms with Crippen LogP contribution in [0.1, 0.15) is 71.6 Å². The van der Waals surface area contributed by atoms with Crippen LogP contribution < -0.4 is 0 Å². The molecule has 0 N–H and O–H groups in total. The van der Waals surface area contributed by atoms with E-state index in [1.807, 2.05) is 0 Å². The molecule has 0 aliphatic carbocycles. The van der Waals surface area contributed by atoms with Gasteiger partial charge in [-0.2, -0.15) is 10.5 Å². The monoisotopic (exact) mass is 208 g/mol. The highest BCUT2D eigenvalue weighted by Gasteiger charge is 1.88. The third-order valence-corrected chi connectivity index (χ3v) is 2.26. The van der Waals surface area contributed by atoms with Crippen LogP contribution in [0.25, 0.3) is 0 Å². The fourth-order valence-corrected chi connectivity index (χ4v) is 1.38. The first-order valence-corrected chi connectivity index (χ1v) is 6.11. The third kappa shape index (κ3) is 24.6. The number of unbranched alkanes of at least 4 members (excludes halogenated alkanes) is 8. The van der Waals surface area contributed by atoms with Crippen molar-refractivity contribution >= 4 is 0 Å². The van der Waals surface area contributed by atoms with Crippen LogP contribution in [-0.2, 0) is 0 Å². The molecule has 0 saturated carbocycles. The number of rotatable bonds is 8. The van der Waals surface area contributed by atoms with Gasteiger partial charge in [-0.25, -0.2) is 0 Å². The average Bonchev–Trinajstić information content (AvgIpc) is 2.28. The second-order valence-electron chi connectivity index (χ2n) is 3.70. The van der Waals surface area contributed by atoms with E-state index >= 15 is 0 Å². The Kier molecular flexibility index (Phi) is 20.5. The van der Waals surface area contributed by atoms with Crippen LogP contribution in [0.3, 0.4) is 0 Å². The third-order valence-electron chi connectivity index (χ3n) is 2.26. The minimum absolute atomic E-state index is 1.24. The fourth-order valence-electron chi connectivity index (χ4n) is 1.38. The molecule has 0 aliphatic rings. The largest absolute Gasteiger partial charge is 0.181 e. The lowest BCUT2D eigenvalue weighted by molar-refractivity contribution is 0.572. The summed E-state index contributed by atoms with van der Waals surface area (Å²) in [4.78, 5) is 0. The second kappa shape index (κ2) is 18.7. The molecule has 86 valence electrons. The van der Waals surface area contributed by atoms with Gasteiger partial charge >= 0.3 is 0 Å². The standard InChI is InChI=1S/C11H24.C2N2/c1-3-5-7-9-11-10-8-6-4-2;3-1-2-4/h3-11H2,1-2H3;. The van der Waals surface area contributed by atoms with Crippen molar-refractivity contribution in [1.29, 1.82) is 10.5 Å². The van der Waals surface area contributed by atoms with Crippen molar-refractivity contribution in [2.24, 2.45) is 0 Å². The van der Waals surface area contributed by atoms with E-state index in [1.54, 1.807) is 0 Å². The van der Waals surface area contributed by atoms with Crippen molar-refractivity contribution < 1.29 is 0 Å². The summed E-state index contributed by atoms with van der Waals surface area (Å²) in [7, 11) is 0. The molecule has 0 heterocycles. The average molecular weight is 208 g/mol. The maximum absolute atomic E-state index is 7.26. The van der Waals surface area contributed by atoms with Crippen molar-refractivity contribution in [3.8, 4) is 12.1 Å². The molecule has 0 atom stereocenters. The lowest BCUT2D eigenvalue weighted by atomic mass is 10.1. The van der Waals surface area contributed by atoms with Gasteiger partial charge in [0.05, 0.1) is 0 Å². The Balaban J connectivity index is 0. The number of hydrogen-bond acceptors (Lipinski definition) is 2. The zero-order valence-electron chi connectivity index (χ0n) is 10.3. The van der Waals surface area contributed by atoms with Crippen molar-refractivity contribution in [3.63, 3.8) is 0 Å². The van der Waals surface area contributed by atoms with Gasteiger partial charge in [-0.15, -0.1) is 0 Å². The van der Waals surface area contributed by atoms with Gasteiger partial charge in [-0.1, -0.05) is 71.6 Å². The minimum Gasteiger partial charge on any atom is -0.181 e. The molecule has 0 aromatic heterocycles. The van der Waals surface area contributed by atoms with Crippen LogP contribution in [0.15, 0.2) is 0 Å². The summed E-state index contributed by atoms with van der Waals surface area (Å²) in [5.41, 5.74) is 0. The molecule has 2 nitrogen and oxygen atoms in total. The van der Waals surface area contributed by atoms with Crippen LogP contribution >= 0.6 is 0 Å². The Bertz CT molecular complexity index is 154. The first kappa shape index (κ1) is 16.4. The number of nitriles is 2. The molecule has 0 rings (SSSR count). The highest BCUT2D eigenvalue weighted by Crippen LogP contribution is 2.08. The molecule has 0 bridgehead atoms. The highest BCUT2D eigenvalue weighted by atomic mass is 14.3. The van der Waals surface area contributed by atoms with Gasteiger partial charge in [0.25, 0.3) is 0 Å². The summed E-state index contributed by atoms with van der Waals surface area (Å²) in [5, 5.41) is 14.5. The predicted octanol–water partition coefficient (Wildman–Crippen LogP) is 4.57. The fraction of sp³-hybridized carbons (Fsp3) is 0.846. The molecular formula is C13H24N2. The van der Waals surface area contributed by atoms with Gasteiger partial charge in [0.15, 0.2) is 12.1 Å². The Hall–Kier alpha value is -1.02. The second-order valence-corrected chi connectivity index (χ2v) is 3.70. The van der Waals surface area contributed by atoms with Gasteiger partial charge in [-0.3, -0.25) is 0 Å². The van der Waals surface area contributed by atoms with E-state index in [0.29, 0.717) is 0 Å². The van der Waals surface area contributed by atoms with Crippen LogP contribution in [0.4, 0.5) is 0 Å². The van der Waals surface area contributed by atoms with E-state index < -0.39 is 0 Å². The normalized spacial score (nSPS) is 8.27. The SMILES string of the molecule is CCCCCCCCCCC.N#CC#N. The molecule has 0 spiro atoms. The Morgan fingerprint density at radius 3 is 1.07 bits per heavy atom. The Labute approximate surface area is 94.9 Å². The van der Waals surface area contributed by atoms with E-state index in [9.17, 15) is 0 Å². The Morgan fingerprint density at radius 2 is 0.867 bits per heavy atom. The number of nitrogens with zero attached hydrogens (tertiary/aromatic N) is 2. The molecule has 0 saturated heterocycles. The van der Waals surface area contributed by atoms with E-state index in [2.05, 4.69) is 13.8 Å². The van der Waals surface area contributed by atoms with E-state index in [0.717, 1.165) is 0 Å². The lowest BCUT2D eigenvalue weighted by Crippen LogP contribution is -1.79.